The van der Waals surface area contributed by atoms with Gasteiger partial charge in [-0.25, -0.2) is 0 Å². The van der Waals surface area contributed by atoms with Gasteiger partial charge in [0.05, 0.1) is 0 Å². The number of hydrogen-bond acceptors (Lipinski definition) is 4. The average molecular weight is 494 g/mol. The maximum atomic E-state index is 12.7. The van der Waals surface area contributed by atoms with Gasteiger partial charge in [-0.05, 0) is 0 Å². The number of hydrogen-bond donors (Lipinski definition) is 0. The lowest BCUT2D eigenvalue weighted by Crippen LogP contribution is -2.57. The van der Waals surface area contributed by atoms with Gasteiger partial charge in [0.2, 0.25) is 0 Å². The van der Waals surface area contributed by atoms with Crippen molar-refractivity contribution in [2.75, 3.05) is 75.9 Å². The standard InChI is InChI=1S/C12H24Cl4N4O4S2/c13-1-5-17(6-2-14)25(21,22)19-9-11-20(12-10-19)26(23,24)18(7-3-15)8-4-16/h1-12H2. The molecule has 156 valence electrons. The molecule has 1 heterocycles. The molecule has 1 aliphatic rings. The lowest BCUT2D eigenvalue weighted by atomic mass is 10.4. The van der Waals surface area contributed by atoms with Crippen molar-refractivity contribution in [2.45, 2.75) is 0 Å². The Hall–Kier alpha value is 0.900. The largest absolute Gasteiger partial charge is 0.282 e. The van der Waals surface area contributed by atoms with E-state index < -0.39 is 20.4 Å². The van der Waals surface area contributed by atoms with Gasteiger partial charge in [0.25, 0.3) is 20.4 Å². The highest BCUT2D eigenvalue weighted by Crippen LogP contribution is 2.17. The van der Waals surface area contributed by atoms with E-state index in [1.807, 2.05) is 0 Å². The first-order valence-corrected chi connectivity index (χ1v) is 12.9. The first-order valence-electron chi connectivity index (χ1n) is 8.00. The van der Waals surface area contributed by atoms with Crippen LogP contribution in [0.25, 0.3) is 0 Å². The zero-order valence-corrected chi connectivity index (χ0v) is 18.9. The van der Waals surface area contributed by atoms with Crippen LogP contribution in [-0.4, -0.2) is 110 Å². The number of rotatable bonds is 12. The predicted octanol–water partition coefficient (Wildman–Crippen LogP) is 0.653. The molecule has 8 nitrogen and oxygen atoms in total. The zero-order valence-electron chi connectivity index (χ0n) is 14.2. The highest BCUT2D eigenvalue weighted by atomic mass is 35.5. The van der Waals surface area contributed by atoms with Crippen LogP contribution in [0.2, 0.25) is 0 Å². The molecule has 26 heavy (non-hydrogen) atoms. The second-order valence-electron chi connectivity index (χ2n) is 5.37. The van der Waals surface area contributed by atoms with E-state index in [1.54, 1.807) is 0 Å². The molecule has 0 aromatic carbocycles. The molecular weight excluding hydrogens is 470 g/mol. The Labute approximate surface area is 176 Å². The fourth-order valence-electron chi connectivity index (χ4n) is 2.52. The summed E-state index contributed by atoms with van der Waals surface area (Å²) in [6.45, 7) is 0.804. The Morgan fingerprint density at radius 2 is 0.808 bits per heavy atom. The molecule has 1 aliphatic heterocycles. The van der Waals surface area contributed by atoms with Crippen molar-refractivity contribution >= 4 is 66.8 Å². The van der Waals surface area contributed by atoms with Crippen LogP contribution in [0.5, 0.6) is 0 Å². The van der Waals surface area contributed by atoms with Crippen LogP contribution < -0.4 is 0 Å². The van der Waals surface area contributed by atoms with Crippen LogP contribution in [0.1, 0.15) is 0 Å². The molecule has 0 spiro atoms. The average Bonchev–Trinajstić information content (AvgIpc) is 2.61. The van der Waals surface area contributed by atoms with E-state index in [-0.39, 0.29) is 75.9 Å². The maximum Gasteiger partial charge on any atom is 0.282 e. The van der Waals surface area contributed by atoms with Gasteiger partial charge in [0, 0.05) is 75.9 Å². The van der Waals surface area contributed by atoms with E-state index >= 15 is 0 Å². The number of nitrogens with zero attached hydrogens (tertiary/aromatic N) is 4. The predicted molar refractivity (Wildman–Crippen MR) is 107 cm³/mol. The van der Waals surface area contributed by atoms with Gasteiger partial charge in [0.15, 0.2) is 0 Å². The monoisotopic (exact) mass is 492 g/mol. The summed E-state index contributed by atoms with van der Waals surface area (Å²) in [5, 5.41) is 0. The minimum Gasteiger partial charge on any atom is -0.195 e. The molecule has 0 saturated carbocycles. The molecular formula is C12H24Cl4N4O4S2. The van der Waals surface area contributed by atoms with E-state index in [1.165, 1.54) is 17.2 Å². The van der Waals surface area contributed by atoms with Gasteiger partial charge in [-0.15, -0.1) is 46.4 Å². The number of alkyl halides is 4. The van der Waals surface area contributed by atoms with Crippen LogP contribution in [0.4, 0.5) is 0 Å². The van der Waals surface area contributed by atoms with Gasteiger partial charge in [-0.1, -0.05) is 0 Å². The summed E-state index contributed by atoms with van der Waals surface area (Å²) >= 11 is 22.7. The van der Waals surface area contributed by atoms with E-state index in [0.717, 1.165) is 0 Å². The first kappa shape index (κ1) is 24.9. The topological polar surface area (TPSA) is 81.2 Å². The Balaban J connectivity index is 2.81. The van der Waals surface area contributed by atoms with Crippen molar-refractivity contribution in [2.24, 2.45) is 0 Å². The zero-order chi connectivity index (χ0) is 19.8. The molecule has 0 N–H and O–H groups in total. The van der Waals surface area contributed by atoms with Crippen LogP contribution >= 0.6 is 46.4 Å². The van der Waals surface area contributed by atoms with Crippen LogP contribution in [-0.2, 0) is 20.4 Å². The van der Waals surface area contributed by atoms with Gasteiger partial charge in [-0.2, -0.15) is 34.1 Å². The van der Waals surface area contributed by atoms with Crippen molar-refractivity contribution < 1.29 is 16.8 Å². The summed E-state index contributed by atoms with van der Waals surface area (Å²) < 4.78 is 55.7. The lowest BCUT2D eigenvalue weighted by molar-refractivity contribution is 0.244. The van der Waals surface area contributed by atoms with E-state index in [4.69, 9.17) is 46.4 Å². The Morgan fingerprint density at radius 1 is 0.577 bits per heavy atom. The minimum absolute atomic E-state index is 0.0538. The summed E-state index contributed by atoms with van der Waals surface area (Å²) in [4.78, 5) is 0. The summed E-state index contributed by atoms with van der Waals surface area (Å²) in [5.74, 6) is 0.596. The highest BCUT2D eigenvalue weighted by molar-refractivity contribution is 7.87. The van der Waals surface area contributed by atoms with Crippen molar-refractivity contribution in [3.63, 3.8) is 0 Å². The van der Waals surface area contributed by atoms with Crippen molar-refractivity contribution in [3.05, 3.63) is 0 Å². The van der Waals surface area contributed by atoms with Crippen LogP contribution in [0, 0.1) is 0 Å². The van der Waals surface area contributed by atoms with Crippen molar-refractivity contribution in [1.82, 2.24) is 17.2 Å². The number of piperazine rings is 1. The molecule has 0 aromatic heterocycles. The molecule has 14 heteroatoms. The van der Waals surface area contributed by atoms with Crippen molar-refractivity contribution in [1.29, 1.82) is 0 Å². The summed E-state index contributed by atoms with van der Waals surface area (Å²) in [6.07, 6.45) is 0. The van der Waals surface area contributed by atoms with Gasteiger partial charge in [0.1, 0.15) is 0 Å². The normalized spacial score (nSPS) is 18.1. The van der Waals surface area contributed by atoms with Crippen molar-refractivity contribution in [3.8, 4) is 0 Å². The lowest BCUT2D eigenvalue weighted by Gasteiger charge is -2.37. The smallest absolute Gasteiger partial charge is 0.195 e. The van der Waals surface area contributed by atoms with Crippen LogP contribution in [0.15, 0.2) is 0 Å². The number of halogens is 4. The highest BCUT2D eigenvalue weighted by Gasteiger charge is 2.37. The van der Waals surface area contributed by atoms with Gasteiger partial charge >= 0.3 is 0 Å². The third-order valence-corrected chi connectivity index (χ3v) is 8.59. The van der Waals surface area contributed by atoms with E-state index in [0.29, 0.717) is 0 Å². The fraction of sp³-hybridized carbons (Fsp3) is 1.00. The molecule has 0 atom stereocenters. The Morgan fingerprint density at radius 3 is 1.00 bits per heavy atom. The van der Waals surface area contributed by atoms with E-state index in [9.17, 15) is 16.8 Å². The maximum absolute atomic E-state index is 12.7. The molecule has 0 aliphatic carbocycles. The molecule has 1 saturated heterocycles. The second-order valence-corrected chi connectivity index (χ2v) is 10.7. The molecule has 0 aromatic rings. The summed E-state index contributed by atoms with van der Waals surface area (Å²) in [6, 6.07) is 0. The van der Waals surface area contributed by atoms with Gasteiger partial charge < -0.3 is 0 Å². The van der Waals surface area contributed by atoms with Gasteiger partial charge in [-0.3, -0.25) is 0 Å². The molecule has 0 unspecified atom stereocenters. The molecule has 0 bridgehead atoms. The third kappa shape index (κ3) is 6.47. The third-order valence-electron chi connectivity index (χ3n) is 3.84. The first-order chi connectivity index (χ1) is 12.2. The minimum atomic E-state index is -3.74. The Bertz CT molecular complexity index is 549. The molecule has 0 radical (unpaired) electrons. The quantitative estimate of drug-likeness (QED) is 0.374. The van der Waals surface area contributed by atoms with E-state index in [2.05, 4.69) is 0 Å². The molecule has 0 amide bonds. The molecule has 1 rings (SSSR count). The SMILES string of the molecule is O=S(=O)(N(CCCl)CCCl)N1CCN(S(=O)(=O)N(CCCl)CCCl)CC1. The van der Waals surface area contributed by atoms with Crippen LogP contribution in [0.3, 0.4) is 0 Å². The summed E-state index contributed by atoms with van der Waals surface area (Å²) in [7, 11) is -7.48. The summed E-state index contributed by atoms with van der Waals surface area (Å²) in [5.41, 5.74) is 0. The second kappa shape index (κ2) is 11.8. The Kier molecular flexibility index (Phi) is 11.3. The fourth-order valence-corrected chi connectivity index (χ4v) is 6.93. The molecule has 1 fully saturated rings.